The van der Waals surface area contributed by atoms with Crippen LogP contribution in [0.15, 0.2) is 40.7 Å². The standard InChI is InChI=1S/C21H22ClN5O3S2/c22-16-4-2-1-3-15(16)13-17-19(29)27(21(30)32-17)7-5-23-18(28)14-25-8-10-26(11-9-25)20-24-6-12-31-20/h1-4,6,12-13H,5,7-11,14H2,(H,23,28)/b17-13-. The quantitative estimate of drug-likeness (QED) is 0.596. The van der Waals surface area contributed by atoms with E-state index < -0.39 is 0 Å². The second kappa shape index (κ2) is 10.5. The fraction of sp³-hybridized carbons (Fsp3) is 0.333. The number of carbonyl (C=O) groups excluding carboxylic acids is 3. The third kappa shape index (κ3) is 5.50. The summed E-state index contributed by atoms with van der Waals surface area (Å²) < 4.78 is 0. The van der Waals surface area contributed by atoms with Crippen molar-refractivity contribution in [3.63, 3.8) is 0 Å². The number of nitrogens with zero attached hydrogens (tertiary/aromatic N) is 4. The van der Waals surface area contributed by atoms with Crippen LogP contribution in [0.1, 0.15) is 5.56 Å². The maximum atomic E-state index is 12.6. The Morgan fingerprint density at radius 3 is 2.69 bits per heavy atom. The molecule has 0 bridgehead atoms. The predicted octanol–water partition coefficient (Wildman–Crippen LogP) is 2.77. The normalized spacial score (nSPS) is 18.6. The molecule has 168 valence electrons. The number of hydrogen-bond donors (Lipinski definition) is 1. The third-order valence-corrected chi connectivity index (χ3v) is 7.24. The first-order valence-corrected chi connectivity index (χ1v) is 12.2. The van der Waals surface area contributed by atoms with E-state index in [-0.39, 0.29) is 30.1 Å². The molecule has 3 heterocycles. The van der Waals surface area contributed by atoms with Gasteiger partial charge < -0.3 is 10.2 Å². The second-order valence-electron chi connectivity index (χ2n) is 7.28. The number of imide groups is 1. The van der Waals surface area contributed by atoms with Gasteiger partial charge in [-0.05, 0) is 29.5 Å². The van der Waals surface area contributed by atoms with Crippen LogP contribution in [-0.4, -0.2) is 77.7 Å². The predicted molar refractivity (Wildman–Crippen MR) is 128 cm³/mol. The minimum atomic E-state index is -0.368. The number of carbonyl (C=O) groups is 3. The molecule has 0 radical (unpaired) electrons. The highest BCUT2D eigenvalue weighted by Crippen LogP contribution is 2.33. The van der Waals surface area contributed by atoms with Gasteiger partial charge in [0, 0.05) is 55.9 Å². The van der Waals surface area contributed by atoms with Gasteiger partial charge in [0.25, 0.3) is 11.1 Å². The second-order valence-corrected chi connectivity index (χ2v) is 9.56. The van der Waals surface area contributed by atoms with Gasteiger partial charge >= 0.3 is 0 Å². The summed E-state index contributed by atoms with van der Waals surface area (Å²) in [6.45, 7) is 3.86. The molecule has 2 aliphatic heterocycles. The van der Waals surface area contributed by atoms with Crippen LogP contribution in [0.25, 0.3) is 6.08 Å². The van der Waals surface area contributed by atoms with Gasteiger partial charge in [0.15, 0.2) is 5.13 Å². The Morgan fingerprint density at radius 1 is 1.19 bits per heavy atom. The molecule has 4 rings (SSSR count). The molecular formula is C21H22ClN5O3S2. The lowest BCUT2D eigenvalue weighted by molar-refractivity contribution is -0.124. The first-order valence-electron chi connectivity index (χ1n) is 10.1. The van der Waals surface area contributed by atoms with Crippen LogP contribution >= 0.6 is 34.7 Å². The number of benzene rings is 1. The maximum absolute atomic E-state index is 12.6. The van der Waals surface area contributed by atoms with Crippen LogP contribution in [0.2, 0.25) is 5.02 Å². The average Bonchev–Trinajstić information content (AvgIpc) is 3.40. The molecule has 1 N–H and O–H groups in total. The Kier molecular flexibility index (Phi) is 7.46. The Bertz CT molecular complexity index is 1020. The van der Waals surface area contributed by atoms with E-state index in [0.29, 0.717) is 22.0 Å². The Morgan fingerprint density at radius 2 is 1.97 bits per heavy atom. The first kappa shape index (κ1) is 22.8. The maximum Gasteiger partial charge on any atom is 0.293 e. The van der Waals surface area contributed by atoms with Crippen molar-refractivity contribution in [2.75, 3.05) is 50.7 Å². The van der Waals surface area contributed by atoms with E-state index >= 15 is 0 Å². The number of thiazole rings is 1. The molecule has 0 unspecified atom stereocenters. The van der Waals surface area contributed by atoms with Crippen LogP contribution in [0.5, 0.6) is 0 Å². The van der Waals surface area contributed by atoms with Crippen LogP contribution in [-0.2, 0) is 9.59 Å². The van der Waals surface area contributed by atoms with E-state index in [2.05, 4.69) is 20.1 Å². The van der Waals surface area contributed by atoms with E-state index in [1.807, 2.05) is 11.4 Å². The molecule has 2 fully saturated rings. The van der Waals surface area contributed by atoms with Crippen molar-refractivity contribution in [1.82, 2.24) is 20.1 Å². The Labute approximate surface area is 199 Å². The number of anilines is 1. The molecule has 0 spiro atoms. The number of aromatic nitrogens is 1. The molecular weight excluding hydrogens is 470 g/mol. The van der Waals surface area contributed by atoms with Gasteiger partial charge in [0.05, 0.1) is 11.4 Å². The molecule has 8 nitrogen and oxygen atoms in total. The molecule has 1 aromatic carbocycles. The smallest absolute Gasteiger partial charge is 0.293 e. The molecule has 3 amide bonds. The minimum absolute atomic E-state index is 0.119. The molecule has 32 heavy (non-hydrogen) atoms. The van der Waals surface area contributed by atoms with Crippen LogP contribution < -0.4 is 10.2 Å². The summed E-state index contributed by atoms with van der Waals surface area (Å²) in [5.74, 6) is -0.487. The molecule has 0 atom stereocenters. The van der Waals surface area contributed by atoms with E-state index in [9.17, 15) is 14.4 Å². The Balaban J connectivity index is 1.21. The molecule has 0 saturated carbocycles. The number of hydrogen-bond acceptors (Lipinski definition) is 8. The van der Waals surface area contributed by atoms with Gasteiger partial charge in [0.1, 0.15) is 0 Å². The van der Waals surface area contributed by atoms with Crippen molar-refractivity contribution in [1.29, 1.82) is 0 Å². The topological polar surface area (TPSA) is 85.8 Å². The summed E-state index contributed by atoms with van der Waals surface area (Å²) in [4.78, 5) is 47.3. The van der Waals surface area contributed by atoms with Crippen molar-refractivity contribution in [3.8, 4) is 0 Å². The van der Waals surface area contributed by atoms with Crippen molar-refractivity contribution in [3.05, 3.63) is 51.3 Å². The number of nitrogens with one attached hydrogen (secondary N) is 1. The lowest BCUT2D eigenvalue weighted by Crippen LogP contribution is -2.50. The molecule has 11 heteroatoms. The molecule has 0 aliphatic carbocycles. The zero-order valence-electron chi connectivity index (χ0n) is 17.2. The van der Waals surface area contributed by atoms with Gasteiger partial charge in [-0.1, -0.05) is 29.8 Å². The van der Waals surface area contributed by atoms with E-state index in [0.717, 1.165) is 48.0 Å². The van der Waals surface area contributed by atoms with Crippen molar-refractivity contribution < 1.29 is 14.4 Å². The number of piperazine rings is 1. The number of halogens is 1. The average molecular weight is 492 g/mol. The fourth-order valence-electron chi connectivity index (χ4n) is 3.46. The molecule has 2 aliphatic rings. The van der Waals surface area contributed by atoms with Crippen molar-refractivity contribution in [2.45, 2.75) is 0 Å². The number of amides is 3. The monoisotopic (exact) mass is 491 g/mol. The summed E-state index contributed by atoms with van der Waals surface area (Å²) in [7, 11) is 0. The highest BCUT2D eigenvalue weighted by molar-refractivity contribution is 8.18. The van der Waals surface area contributed by atoms with Crippen LogP contribution in [0, 0.1) is 0 Å². The molecule has 1 aromatic heterocycles. The minimum Gasteiger partial charge on any atom is -0.353 e. The first-order chi connectivity index (χ1) is 15.5. The number of thioether (sulfide) groups is 1. The largest absolute Gasteiger partial charge is 0.353 e. The van der Waals surface area contributed by atoms with E-state index in [1.54, 1.807) is 41.8 Å². The highest BCUT2D eigenvalue weighted by atomic mass is 35.5. The van der Waals surface area contributed by atoms with Gasteiger partial charge in [-0.25, -0.2) is 4.98 Å². The van der Waals surface area contributed by atoms with Crippen LogP contribution in [0.4, 0.5) is 9.93 Å². The van der Waals surface area contributed by atoms with Crippen molar-refractivity contribution >= 4 is 63.0 Å². The van der Waals surface area contributed by atoms with Crippen LogP contribution in [0.3, 0.4) is 0 Å². The molecule has 2 aromatic rings. The SMILES string of the molecule is O=C(CN1CCN(c2nccs2)CC1)NCCN1C(=O)S/C(=C\c2ccccc2Cl)C1=O. The van der Waals surface area contributed by atoms with E-state index in [4.69, 9.17) is 11.6 Å². The summed E-state index contributed by atoms with van der Waals surface area (Å²) >= 11 is 8.63. The zero-order valence-corrected chi connectivity index (χ0v) is 19.6. The van der Waals surface area contributed by atoms with Gasteiger partial charge in [-0.15, -0.1) is 11.3 Å². The van der Waals surface area contributed by atoms with Gasteiger partial charge in [-0.2, -0.15) is 0 Å². The lowest BCUT2D eigenvalue weighted by atomic mass is 10.2. The van der Waals surface area contributed by atoms with Crippen molar-refractivity contribution in [2.24, 2.45) is 0 Å². The third-order valence-electron chi connectivity index (χ3n) is 5.15. The fourth-order valence-corrected chi connectivity index (χ4v) is 5.20. The highest BCUT2D eigenvalue weighted by Gasteiger charge is 2.34. The van der Waals surface area contributed by atoms with Gasteiger partial charge in [0.2, 0.25) is 5.91 Å². The zero-order chi connectivity index (χ0) is 22.5. The number of rotatable bonds is 7. The molecule has 2 saturated heterocycles. The summed E-state index contributed by atoms with van der Waals surface area (Å²) in [5, 5.41) is 5.94. The summed E-state index contributed by atoms with van der Waals surface area (Å²) in [6, 6.07) is 7.13. The van der Waals surface area contributed by atoms with Gasteiger partial charge in [-0.3, -0.25) is 24.2 Å². The lowest BCUT2D eigenvalue weighted by Gasteiger charge is -2.34. The summed E-state index contributed by atoms with van der Waals surface area (Å²) in [6.07, 6.45) is 3.42. The van der Waals surface area contributed by atoms with E-state index in [1.165, 1.54) is 0 Å². The summed E-state index contributed by atoms with van der Waals surface area (Å²) in [5.41, 5.74) is 0.683. The Hall–Kier alpha value is -2.40.